The lowest BCUT2D eigenvalue weighted by Crippen LogP contribution is -2.27. The van der Waals surface area contributed by atoms with Crippen molar-refractivity contribution in [3.63, 3.8) is 0 Å². The van der Waals surface area contributed by atoms with Gasteiger partial charge in [-0.3, -0.25) is 4.79 Å². The minimum Gasteiger partial charge on any atom is -0.390 e. The molecule has 1 amide bonds. The molecule has 1 rings (SSSR count). The molecule has 18 heavy (non-hydrogen) atoms. The SMILES string of the molecule is CC(=O)NCCC(O)C(O)c1c(Cl)cccc1Cl. The first kappa shape index (κ1) is 15.2. The molecule has 0 spiro atoms. The van der Waals surface area contributed by atoms with E-state index in [1.54, 1.807) is 18.2 Å². The van der Waals surface area contributed by atoms with E-state index >= 15 is 0 Å². The second kappa shape index (κ2) is 6.95. The lowest BCUT2D eigenvalue weighted by molar-refractivity contribution is -0.119. The van der Waals surface area contributed by atoms with Crippen LogP contribution in [0.1, 0.15) is 25.0 Å². The van der Waals surface area contributed by atoms with Gasteiger partial charge < -0.3 is 15.5 Å². The summed E-state index contributed by atoms with van der Waals surface area (Å²) < 4.78 is 0. The highest BCUT2D eigenvalue weighted by Gasteiger charge is 2.22. The molecule has 0 aliphatic carbocycles. The Morgan fingerprint density at radius 3 is 2.39 bits per heavy atom. The lowest BCUT2D eigenvalue weighted by Gasteiger charge is -2.20. The largest absolute Gasteiger partial charge is 0.390 e. The molecule has 0 heterocycles. The number of hydrogen-bond donors (Lipinski definition) is 3. The van der Waals surface area contributed by atoms with Gasteiger partial charge in [-0.2, -0.15) is 0 Å². The van der Waals surface area contributed by atoms with Gasteiger partial charge in [0.05, 0.1) is 6.10 Å². The summed E-state index contributed by atoms with van der Waals surface area (Å²) in [5, 5.41) is 22.9. The molecule has 0 radical (unpaired) electrons. The number of aliphatic hydroxyl groups excluding tert-OH is 2. The van der Waals surface area contributed by atoms with Crippen LogP contribution in [0.25, 0.3) is 0 Å². The number of nitrogens with one attached hydrogen (secondary N) is 1. The number of amides is 1. The summed E-state index contributed by atoms with van der Waals surface area (Å²) in [5.74, 6) is -0.188. The van der Waals surface area contributed by atoms with Crippen LogP contribution < -0.4 is 5.32 Å². The van der Waals surface area contributed by atoms with E-state index in [1.165, 1.54) is 6.92 Å². The topological polar surface area (TPSA) is 69.6 Å². The van der Waals surface area contributed by atoms with Crippen molar-refractivity contribution in [1.82, 2.24) is 5.32 Å². The van der Waals surface area contributed by atoms with Crippen molar-refractivity contribution in [3.8, 4) is 0 Å². The number of hydrogen-bond acceptors (Lipinski definition) is 3. The first-order chi connectivity index (χ1) is 8.43. The third kappa shape index (κ3) is 4.14. The Labute approximate surface area is 116 Å². The number of carbonyl (C=O) groups excluding carboxylic acids is 1. The molecule has 4 nitrogen and oxygen atoms in total. The van der Waals surface area contributed by atoms with Crippen molar-refractivity contribution < 1.29 is 15.0 Å². The van der Waals surface area contributed by atoms with Crippen LogP contribution in [0.3, 0.4) is 0 Å². The van der Waals surface area contributed by atoms with Gasteiger partial charge in [0.1, 0.15) is 6.10 Å². The Morgan fingerprint density at radius 2 is 1.89 bits per heavy atom. The quantitative estimate of drug-likeness (QED) is 0.776. The third-order valence-corrected chi connectivity index (χ3v) is 3.13. The maximum atomic E-state index is 10.7. The summed E-state index contributed by atoms with van der Waals surface area (Å²) in [7, 11) is 0. The zero-order chi connectivity index (χ0) is 13.7. The first-order valence-corrected chi connectivity index (χ1v) is 6.23. The van der Waals surface area contributed by atoms with Crippen LogP contribution in [-0.2, 0) is 4.79 Å². The fraction of sp³-hybridized carbons (Fsp3) is 0.417. The predicted molar refractivity (Wildman–Crippen MR) is 70.7 cm³/mol. The van der Waals surface area contributed by atoms with Crippen LogP contribution in [0.15, 0.2) is 18.2 Å². The Kier molecular flexibility index (Phi) is 5.88. The predicted octanol–water partition coefficient (Wildman–Crippen LogP) is 1.91. The van der Waals surface area contributed by atoms with Crippen LogP contribution >= 0.6 is 23.2 Å². The number of halogens is 2. The van der Waals surface area contributed by atoms with Crippen molar-refractivity contribution in [2.75, 3.05) is 6.54 Å². The molecule has 0 aromatic heterocycles. The first-order valence-electron chi connectivity index (χ1n) is 5.48. The highest BCUT2D eigenvalue weighted by atomic mass is 35.5. The molecular formula is C12H15Cl2NO3. The van der Waals surface area contributed by atoms with Gasteiger partial charge in [0.2, 0.25) is 5.91 Å². The molecule has 0 bridgehead atoms. The molecule has 2 unspecified atom stereocenters. The van der Waals surface area contributed by atoms with Gasteiger partial charge in [0.25, 0.3) is 0 Å². The molecule has 1 aromatic rings. The highest BCUT2D eigenvalue weighted by Crippen LogP contribution is 2.32. The molecule has 0 fully saturated rings. The summed E-state index contributed by atoms with van der Waals surface area (Å²) in [6.45, 7) is 1.66. The van der Waals surface area contributed by atoms with Crippen molar-refractivity contribution in [2.24, 2.45) is 0 Å². The Morgan fingerprint density at radius 1 is 1.33 bits per heavy atom. The summed E-state index contributed by atoms with van der Waals surface area (Å²) in [4.78, 5) is 10.7. The Hall–Kier alpha value is -0.810. The number of benzene rings is 1. The molecule has 6 heteroatoms. The summed E-state index contributed by atoms with van der Waals surface area (Å²) in [5.41, 5.74) is 0.302. The van der Waals surface area contributed by atoms with Gasteiger partial charge in [-0.1, -0.05) is 29.3 Å². The maximum absolute atomic E-state index is 10.7. The molecule has 100 valence electrons. The van der Waals surface area contributed by atoms with E-state index in [-0.39, 0.29) is 18.9 Å². The van der Waals surface area contributed by atoms with E-state index in [1.807, 2.05) is 0 Å². The zero-order valence-electron chi connectivity index (χ0n) is 9.86. The average molecular weight is 292 g/mol. The van der Waals surface area contributed by atoms with Crippen LogP contribution in [0.4, 0.5) is 0 Å². The fourth-order valence-corrected chi connectivity index (χ4v) is 2.16. The van der Waals surface area contributed by atoms with E-state index < -0.39 is 12.2 Å². The van der Waals surface area contributed by atoms with E-state index in [2.05, 4.69) is 5.32 Å². The molecule has 2 atom stereocenters. The Bertz CT molecular complexity index is 406. The van der Waals surface area contributed by atoms with E-state index in [0.29, 0.717) is 15.6 Å². The zero-order valence-corrected chi connectivity index (χ0v) is 11.4. The van der Waals surface area contributed by atoms with Gasteiger partial charge in [-0.05, 0) is 18.6 Å². The normalized spacial score (nSPS) is 14.1. The van der Waals surface area contributed by atoms with Gasteiger partial charge in [-0.15, -0.1) is 0 Å². The number of carbonyl (C=O) groups is 1. The minimum absolute atomic E-state index is 0.188. The fourth-order valence-electron chi connectivity index (χ4n) is 1.54. The van der Waals surface area contributed by atoms with Gasteiger partial charge >= 0.3 is 0 Å². The second-order valence-corrected chi connectivity index (χ2v) is 4.73. The van der Waals surface area contributed by atoms with Crippen LogP contribution in [0.2, 0.25) is 10.0 Å². The number of aliphatic hydroxyl groups is 2. The van der Waals surface area contributed by atoms with Crippen molar-refractivity contribution in [1.29, 1.82) is 0 Å². The molecule has 0 saturated heterocycles. The molecular weight excluding hydrogens is 277 g/mol. The minimum atomic E-state index is -1.18. The monoisotopic (exact) mass is 291 g/mol. The smallest absolute Gasteiger partial charge is 0.216 e. The molecule has 0 saturated carbocycles. The van der Waals surface area contributed by atoms with Crippen molar-refractivity contribution in [3.05, 3.63) is 33.8 Å². The maximum Gasteiger partial charge on any atom is 0.216 e. The van der Waals surface area contributed by atoms with Crippen molar-refractivity contribution >= 4 is 29.1 Å². The van der Waals surface area contributed by atoms with Gasteiger partial charge in [0, 0.05) is 29.1 Å². The van der Waals surface area contributed by atoms with Gasteiger partial charge in [0.15, 0.2) is 0 Å². The van der Waals surface area contributed by atoms with Crippen LogP contribution in [0.5, 0.6) is 0 Å². The highest BCUT2D eigenvalue weighted by molar-refractivity contribution is 6.36. The molecule has 0 aliphatic rings. The molecule has 0 aliphatic heterocycles. The van der Waals surface area contributed by atoms with E-state index in [0.717, 1.165) is 0 Å². The van der Waals surface area contributed by atoms with Gasteiger partial charge in [-0.25, -0.2) is 0 Å². The second-order valence-electron chi connectivity index (χ2n) is 3.92. The lowest BCUT2D eigenvalue weighted by atomic mass is 10.0. The van der Waals surface area contributed by atoms with Crippen LogP contribution in [-0.4, -0.2) is 28.8 Å². The number of rotatable bonds is 5. The van der Waals surface area contributed by atoms with E-state index in [4.69, 9.17) is 23.2 Å². The average Bonchev–Trinajstić information content (AvgIpc) is 2.27. The summed E-state index contributed by atoms with van der Waals surface area (Å²) in [6, 6.07) is 4.84. The molecule has 1 aromatic carbocycles. The summed E-state index contributed by atoms with van der Waals surface area (Å²) in [6.07, 6.45) is -2.02. The third-order valence-electron chi connectivity index (χ3n) is 2.47. The Balaban J connectivity index is 2.68. The summed E-state index contributed by atoms with van der Waals surface area (Å²) >= 11 is 11.9. The van der Waals surface area contributed by atoms with Crippen molar-refractivity contribution in [2.45, 2.75) is 25.6 Å². The molecule has 3 N–H and O–H groups in total. The van der Waals surface area contributed by atoms with E-state index in [9.17, 15) is 15.0 Å². The van der Waals surface area contributed by atoms with Crippen LogP contribution in [0, 0.1) is 0 Å². The standard InChI is InChI=1S/C12H15Cl2NO3/c1-7(16)15-6-5-10(17)12(18)11-8(13)3-2-4-9(11)14/h2-4,10,12,17-18H,5-6H2,1H3,(H,15,16).